The van der Waals surface area contributed by atoms with Crippen LogP contribution in [0.2, 0.25) is 5.02 Å². The van der Waals surface area contributed by atoms with Gasteiger partial charge in [-0.25, -0.2) is 0 Å². The zero-order valence-corrected chi connectivity index (χ0v) is 17.9. The van der Waals surface area contributed by atoms with Gasteiger partial charge < -0.3 is 9.80 Å². The Hall–Kier alpha value is -2.60. The van der Waals surface area contributed by atoms with Gasteiger partial charge in [-0.3, -0.25) is 19.5 Å². The number of hydrogen-bond acceptors (Lipinski definition) is 4. The average molecular weight is 413 g/mol. The number of hydrogen-bond donors (Lipinski definition) is 0. The van der Waals surface area contributed by atoms with E-state index in [9.17, 15) is 9.59 Å². The van der Waals surface area contributed by atoms with Crippen molar-refractivity contribution in [2.24, 2.45) is 0 Å². The quantitative estimate of drug-likeness (QED) is 0.768. The summed E-state index contributed by atoms with van der Waals surface area (Å²) in [4.78, 5) is 35.1. The van der Waals surface area contributed by atoms with Crippen LogP contribution in [0.25, 0.3) is 0 Å². The molecule has 0 spiro atoms. The summed E-state index contributed by atoms with van der Waals surface area (Å²) >= 11 is 6.18. The Morgan fingerprint density at radius 2 is 2.00 bits per heavy atom. The SMILES string of the molecule is CCC(=O)N1CC(N(C)c2cncc(N3C(=O)c4ccc(Cl)cc4C3(C)C)c2)C1. The Morgan fingerprint density at radius 3 is 2.69 bits per heavy atom. The summed E-state index contributed by atoms with van der Waals surface area (Å²) in [5.74, 6) is 0.133. The zero-order valence-electron chi connectivity index (χ0n) is 17.1. The van der Waals surface area contributed by atoms with Crippen LogP contribution in [0.4, 0.5) is 11.4 Å². The van der Waals surface area contributed by atoms with Gasteiger partial charge in [0.05, 0.1) is 35.3 Å². The molecule has 6 nitrogen and oxygen atoms in total. The highest BCUT2D eigenvalue weighted by molar-refractivity contribution is 6.31. The van der Waals surface area contributed by atoms with Gasteiger partial charge in [-0.05, 0) is 43.7 Å². The minimum absolute atomic E-state index is 0.0494. The monoisotopic (exact) mass is 412 g/mol. The number of fused-ring (bicyclic) bond motifs is 1. The number of halogens is 1. The molecule has 2 amide bonds. The number of aromatic nitrogens is 1. The van der Waals surface area contributed by atoms with Crippen LogP contribution in [-0.2, 0) is 10.3 Å². The van der Waals surface area contributed by atoms with Crippen LogP contribution in [-0.4, -0.2) is 47.9 Å². The first-order valence-electron chi connectivity index (χ1n) is 9.84. The number of carbonyl (C=O) groups excluding carboxylic acids is 2. The molecule has 0 atom stereocenters. The number of amides is 2. The smallest absolute Gasteiger partial charge is 0.259 e. The molecule has 1 aromatic heterocycles. The summed E-state index contributed by atoms with van der Waals surface area (Å²) in [5, 5.41) is 0.620. The summed E-state index contributed by atoms with van der Waals surface area (Å²) in [5.41, 5.74) is 2.73. The molecule has 2 aliphatic rings. The van der Waals surface area contributed by atoms with Crippen LogP contribution in [0.1, 0.15) is 43.1 Å². The Kier molecular flexibility index (Phi) is 4.77. The number of carbonyl (C=O) groups is 2. The lowest BCUT2D eigenvalue weighted by atomic mass is 9.93. The molecule has 0 radical (unpaired) electrons. The van der Waals surface area contributed by atoms with E-state index in [0.29, 0.717) is 30.1 Å². The predicted molar refractivity (Wildman–Crippen MR) is 115 cm³/mol. The Balaban J connectivity index is 1.60. The van der Waals surface area contributed by atoms with Crippen molar-refractivity contribution in [3.05, 3.63) is 52.8 Å². The van der Waals surface area contributed by atoms with E-state index >= 15 is 0 Å². The van der Waals surface area contributed by atoms with Gasteiger partial charge in [-0.1, -0.05) is 18.5 Å². The first-order valence-corrected chi connectivity index (χ1v) is 10.2. The summed E-state index contributed by atoms with van der Waals surface area (Å²) in [6.07, 6.45) is 4.05. The molecule has 0 saturated carbocycles. The zero-order chi connectivity index (χ0) is 20.9. The van der Waals surface area contributed by atoms with Gasteiger partial charge in [0.25, 0.3) is 5.91 Å². The molecule has 7 heteroatoms. The van der Waals surface area contributed by atoms with E-state index in [4.69, 9.17) is 11.6 Å². The molecule has 0 N–H and O–H groups in total. The van der Waals surface area contributed by atoms with Gasteiger partial charge in [-0.15, -0.1) is 0 Å². The highest BCUT2D eigenvalue weighted by Crippen LogP contribution is 2.43. The van der Waals surface area contributed by atoms with Crippen molar-refractivity contribution in [3.8, 4) is 0 Å². The summed E-state index contributed by atoms with van der Waals surface area (Å²) in [6.45, 7) is 7.34. The molecule has 29 heavy (non-hydrogen) atoms. The molecule has 152 valence electrons. The maximum atomic E-state index is 13.2. The Bertz CT molecular complexity index is 985. The molecule has 0 aliphatic carbocycles. The Labute approximate surface area is 176 Å². The molecule has 0 bridgehead atoms. The molecule has 1 fully saturated rings. The largest absolute Gasteiger partial charge is 0.367 e. The first kappa shape index (κ1) is 19.7. The topological polar surface area (TPSA) is 56.8 Å². The Morgan fingerprint density at radius 1 is 1.28 bits per heavy atom. The number of benzene rings is 1. The van der Waals surface area contributed by atoms with Crippen molar-refractivity contribution in [1.82, 2.24) is 9.88 Å². The minimum Gasteiger partial charge on any atom is -0.367 e. The van der Waals surface area contributed by atoms with Gasteiger partial charge >= 0.3 is 0 Å². The second kappa shape index (κ2) is 7.02. The molecule has 4 rings (SSSR count). The molecule has 3 heterocycles. The molecular formula is C22H25ClN4O2. The van der Waals surface area contributed by atoms with Crippen molar-refractivity contribution in [3.63, 3.8) is 0 Å². The van der Waals surface area contributed by atoms with Crippen molar-refractivity contribution in [2.75, 3.05) is 29.9 Å². The van der Waals surface area contributed by atoms with Crippen LogP contribution in [0.15, 0.2) is 36.7 Å². The molecule has 1 saturated heterocycles. The second-order valence-electron chi connectivity index (χ2n) is 8.21. The lowest BCUT2D eigenvalue weighted by Gasteiger charge is -2.45. The summed E-state index contributed by atoms with van der Waals surface area (Å²) < 4.78 is 0. The highest BCUT2D eigenvalue weighted by Gasteiger charge is 2.44. The predicted octanol–water partition coefficient (Wildman–Crippen LogP) is 3.69. The second-order valence-corrected chi connectivity index (χ2v) is 8.64. The minimum atomic E-state index is -0.531. The van der Waals surface area contributed by atoms with Crippen molar-refractivity contribution in [1.29, 1.82) is 0 Å². The molecular weight excluding hydrogens is 388 g/mol. The average Bonchev–Trinajstić information content (AvgIpc) is 2.85. The summed E-state index contributed by atoms with van der Waals surface area (Å²) in [6, 6.07) is 7.65. The van der Waals surface area contributed by atoms with Gasteiger partial charge in [0.15, 0.2) is 0 Å². The van der Waals surface area contributed by atoms with Crippen LogP contribution in [0.3, 0.4) is 0 Å². The number of anilines is 2. The number of rotatable bonds is 4. The fraction of sp³-hybridized carbons (Fsp3) is 0.409. The molecule has 2 aromatic rings. The van der Waals surface area contributed by atoms with Gasteiger partial charge in [0.1, 0.15) is 0 Å². The standard InChI is InChI=1S/C22H25ClN4O2/c1-5-20(28)26-12-17(13-26)25(4)15-9-16(11-24-10-15)27-21(29)18-7-6-14(23)8-19(18)22(27,2)3/h6-11,17H,5,12-13H2,1-4H3. The third-order valence-corrected chi connectivity index (χ3v) is 6.31. The number of likely N-dealkylation sites (tertiary alicyclic amines) is 1. The van der Waals surface area contributed by atoms with Crippen LogP contribution < -0.4 is 9.80 Å². The fourth-order valence-corrected chi connectivity index (χ4v) is 4.39. The van der Waals surface area contributed by atoms with E-state index in [0.717, 1.165) is 16.9 Å². The first-order chi connectivity index (χ1) is 13.7. The van der Waals surface area contributed by atoms with E-state index < -0.39 is 5.54 Å². The normalized spacial score (nSPS) is 17.9. The van der Waals surface area contributed by atoms with Crippen molar-refractivity contribution < 1.29 is 9.59 Å². The fourth-order valence-electron chi connectivity index (χ4n) is 4.21. The molecule has 2 aliphatic heterocycles. The lowest BCUT2D eigenvalue weighted by Crippen LogP contribution is -2.60. The maximum Gasteiger partial charge on any atom is 0.259 e. The third-order valence-electron chi connectivity index (χ3n) is 6.07. The van der Waals surface area contributed by atoms with Crippen LogP contribution in [0, 0.1) is 0 Å². The number of likely N-dealkylation sites (N-methyl/N-ethyl adjacent to an activating group) is 1. The van der Waals surface area contributed by atoms with Crippen LogP contribution in [0.5, 0.6) is 0 Å². The maximum absolute atomic E-state index is 13.2. The molecule has 0 unspecified atom stereocenters. The number of nitrogens with zero attached hydrogens (tertiary/aromatic N) is 4. The van der Waals surface area contributed by atoms with Crippen molar-refractivity contribution in [2.45, 2.75) is 38.8 Å². The lowest BCUT2D eigenvalue weighted by molar-refractivity contribution is -0.135. The van der Waals surface area contributed by atoms with Gasteiger partial charge in [0, 0.05) is 37.1 Å². The van der Waals surface area contributed by atoms with E-state index in [-0.39, 0.29) is 17.9 Å². The van der Waals surface area contributed by atoms with Gasteiger partial charge in [-0.2, -0.15) is 0 Å². The summed E-state index contributed by atoms with van der Waals surface area (Å²) in [7, 11) is 2.00. The van der Waals surface area contributed by atoms with Crippen molar-refractivity contribution >= 4 is 34.8 Å². The van der Waals surface area contributed by atoms with E-state index in [1.807, 2.05) is 44.9 Å². The van der Waals surface area contributed by atoms with Crippen LogP contribution >= 0.6 is 11.6 Å². The van der Waals surface area contributed by atoms with E-state index in [2.05, 4.69) is 9.88 Å². The van der Waals surface area contributed by atoms with E-state index in [1.54, 1.807) is 29.4 Å². The molecule has 1 aromatic carbocycles. The highest BCUT2D eigenvalue weighted by atomic mass is 35.5. The van der Waals surface area contributed by atoms with E-state index in [1.165, 1.54) is 0 Å². The number of pyridine rings is 1. The third kappa shape index (κ3) is 3.15. The van der Waals surface area contributed by atoms with Gasteiger partial charge in [0.2, 0.25) is 5.91 Å².